The van der Waals surface area contributed by atoms with Crippen molar-refractivity contribution < 1.29 is 0 Å². The van der Waals surface area contributed by atoms with E-state index >= 15 is 0 Å². The molecule has 0 amide bonds. The molecule has 1 aromatic carbocycles. The minimum Gasteiger partial charge on any atom is -0.326 e. The highest BCUT2D eigenvalue weighted by Gasteiger charge is 1.98. The maximum absolute atomic E-state index is 11.3. The molecule has 0 bridgehead atoms. The van der Waals surface area contributed by atoms with Gasteiger partial charge in [0.05, 0.1) is 0 Å². The number of nitrogens with two attached hydrogens (primary N) is 1. The van der Waals surface area contributed by atoms with Crippen LogP contribution in [0, 0.1) is 6.92 Å². The first-order valence-electron chi connectivity index (χ1n) is 4.53. The number of rotatable bonds is 1. The molecule has 3 N–H and O–H groups in total. The molecule has 0 aliphatic rings. The van der Waals surface area contributed by atoms with E-state index in [4.69, 9.17) is 5.73 Å². The third-order valence-electron chi connectivity index (χ3n) is 2.33. The predicted octanol–water partition coefficient (Wildman–Crippen LogP) is 1.72. The Morgan fingerprint density at radius 1 is 1.33 bits per heavy atom. The van der Waals surface area contributed by atoms with E-state index in [1.54, 1.807) is 6.92 Å². The molecule has 0 saturated carbocycles. The van der Waals surface area contributed by atoms with Gasteiger partial charge in [0.25, 0.3) is 5.56 Å². The van der Waals surface area contributed by atoms with Gasteiger partial charge in [0.15, 0.2) is 0 Å². The minimum atomic E-state index is -0.0296. The number of aromatic nitrogens is 1. The first-order valence-corrected chi connectivity index (χ1v) is 4.53. The number of halogens is 1. The largest absolute Gasteiger partial charge is 0.326 e. The number of hydrogen-bond acceptors (Lipinski definition) is 2. The van der Waals surface area contributed by atoms with Gasteiger partial charge in [-0.25, -0.2) is 0 Å². The number of aromatic amines is 1. The third kappa shape index (κ3) is 2.19. The number of nitrogens with one attached hydrogen (secondary N) is 1. The Bertz CT molecular complexity index is 534. The van der Waals surface area contributed by atoms with Gasteiger partial charge in [0, 0.05) is 17.6 Å². The summed E-state index contributed by atoms with van der Waals surface area (Å²) in [6, 6.07) is 7.69. The second-order valence-corrected chi connectivity index (χ2v) is 3.41. The van der Waals surface area contributed by atoms with Gasteiger partial charge in [0.1, 0.15) is 0 Å². The van der Waals surface area contributed by atoms with Gasteiger partial charge >= 0.3 is 0 Å². The van der Waals surface area contributed by atoms with E-state index in [2.05, 4.69) is 4.98 Å². The zero-order valence-corrected chi connectivity index (χ0v) is 9.23. The standard InChI is InChI=1S/C11H12N2O.ClH/c1-7-4-9-5-8(6-12)2-3-10(9)13-11(7)14;/h2-5H,6,12H2,1H3,(H,13,14);1H. The van der Waals surface area contributed by atoms with Crippen LogP contribution in [0.25, 0.3) is 10.9 Å². The summed E-state index contributed by atoms with van der Waals surface area (Å²) in [5, 5.41) is 1.03. The molecule has 1 heterocycles. The van der Waals surface area contributed by atoms with Crippen LogP contribution in [0.3, 0.4) is 0 Å². The second kappa shape index (κ2) is 4.47. The number of fused-ring (bicyclic) bond motifs is 1. The van der Waals surface area contributed by atoms with Crippen molar-refractivity contribution >= 4 is 23.3 Å². The molecule has 0 atom stereocenters. The quantitative estimate of drug-likeness (QED) is 0.775. The van der Waals surface area contributed by atoms with E-state index < -0.39 is 0 Å². The van der Waals surface area contributed by atoms with Crippen LogP contribution in [0.5, 0.6) is 0 Å². The summed E-state index contributed by atoms with van der Waals surface area (Å²) >= 11 is 0. The maximum atomic E-state index is 11.3. The number of hydrogen-bond donors (Lipinski definition) is 2. The van der Waals surface area contributed by atoms with Gasteiger partial charge < -0.3 is 10.7 Å². The Morgan fingerprint density at radius 2 is 2.07 bits per heavy atom. The number of H-pyrrole nitrogens is 1. The van der Waals surface area contributed by atoms with Crippen LogP contribution in [-0.2, 0) is 6.54 Å². The lowest BCUT2D eigenvalue weighted by Gasteiger charge is -2.01. The highest BCUT2D eigenvalue weighted by Crippen LogP contribution is 2.12. The number of pyridine rings is 1. The van der Waals surface area contributed by atoms with Crippen LogP contribution in [0.15, 0.2) is 29.1 Å². The highest BCUT2D eigenvalue weighted by atomic mass is 35.5. The number of aryl methyl sites for hydroxylation is 1. The van der Waals surface area contributed by atoms with Crippen molar-refractivity contribution in [3.63, 3.8) is 0 Å². The van der Waals surface area contributed by atoms with E-state index in [0.717, 1.165) is 22.0 Å². The molecule has 1 aromatic heterocycles. The van der Waals surface area contributed by atoms with Gasteiger partial charge in [-0.2, -0.15) is 0 Å². The van der Waals surface area contributed by atoms with Crippen LogP contribution in [0.4, 0.5) is 0 Å². The summed E-state index contributed by atoms with van der Waals surface area (Å²) < 4.78 is 0. The molecule has 2 rings (SSSR count). The molecule has 0 aliphatic heterocycles. The Morgan fingerprint density at radius 3 is 2.73 bits per heavy atom. The Kier molecular flexibility index (Phi) is 3.50. The smallest absolute Gasteiger partial charge is 0.251 e. The van der Waals surface area contributed by atoms with E-state index in [9.17, 15) is 4.79 Å². The van der Waals surface area contributed by atoms with Crippen molar-refractivity contribution in [2.24, 2.45) is 5.73 Å². The summed E-state index contributed by atoms with van der Waals surface area (Å²) in [5.41, 5.74) is 8.17. The van der Waals surface area contributed by atoms with Crippen LogP contribution in [0.2, 0.25) is 0 Å². The lowest BCUT2D eigenvalue weighted by atomic mass is 10.1. The monoisotopic (exact) mass is 224 g/mol. The van der Waals surface area contributed by atoms with Crippen LogP contribution < -0.4 is 11.3 Å². The Balaban J connectivity index is 0.00000112. The average Bonchev–Trinajstić information content (AvgIpc) is 2.19. The number of benzene rings is 1. The first-order chi connectivity index (χ1) is 6.70. The summed E-state index contributed by atoms with van der Waals surface area (Å²) in [5.74, 6) is 0. The van der Waals surface area contributed by atoms with Crippen molar-refractivity contribution in [1.82, 2.24) is 4.98 Å². The Labute approximate surface area is 93.7 Å². The fraction of sp³-hybridized carbons (Fsp3) is 0.182. The van der Waals surface area contributed by atoms with Crippen LogP contribution >= 0.6 is 12.4 Å². The predicted molar refractivity (Wildman–Crippen MR) is 64.4 cm³/mol. The van der Waals surface area contributed by atoms with E-state index in [1.807, 2.05) is 24.3 Å². The normalized spacial score (nSPS) is 10.0. The van der Waals surface area contributed by atoms with Crippen LogP contribution in [-0.4, -0.2) is 4.98 Å². The van der Waals surface area contributed by atoms with E-state index in [-0.39, 0.29) is 18.0 Å². The molecule has 0 aliphatic carbocycles. The molecule has 2 aromatic rings. The fourth-order valence-electron chi connectivity index (χ4n) is 1.49. The van der Waals surface area contributed by atoms with Crippen molar-refractivity contribution in [2.75, 3.05) is 0 Å². The summed E-state index contributed by atoms with van der Waals surface area (Å²) in [6.07, 6.45) is 0. The summed E-state index contributed by atoms with van der Waals surface area (Å²) in [4.78, 5) is 14.1. The molecule has 15 heavy (non-hydrogen) atoms. The van der Waals surface area contributed by atoms with E-state index in [0.29, 0.717) is 6.54 Å². The molecule has 3 nitrogen and oxygen atoms in total. The fourth-order valence-corrected chi connectivity index (χ4v) is 1.49. The second-order valence-electron chi connectivity index (χ2n) is 3.41. The molecular weight excluding hydrogens is 212 g/mol. The third-order valence-corrected chi connectivity index (χ3v) is 2.33. The van der Waals surface area contributed by atoms with Gasteiger partial charge in [0.2, 0.25) is 0 Å². The van der Waals surface area contributed by atoms with Crippen molar-refractivity contribution in [3.8, 4) is 0 Å². The van der Waals surface area contributed by atoms with Crippen LogP contribution in [0.1, 0.15) is 11.1 Å². The zero-order valence-electron chi connectivity index (χ0n) is 8.41. The minimum absolute atomic E-state index is 0. The Hall–Kier alpha value is -1.32. The van der Waals surface area contributed by atoms with Crippen molar-refractivity contribution in [2.45, 2.75) is 13.5 Å². The van der Waals surface area contributed by atoms with E-state index in [1.165, 1.54) is 0 Å². The molecule has 4 heteroatoms. The molecule has 0 fully saturated rings. The SMILES string of the molecule is Cc1cc2cc(CN)ccc2[nH]c1=O.Cl. The highest BCUT2D eigenvalue weighted by molar-refractivity contribution is 5.85. The van der Waals surface area contributed by atoms with Gasteiger partial charge in [-0.1, -0.05) is 6.07 Å². The topological polar surface area (TPSA) is 58.9 Å². The van der Waals surface area contributed by atoms with Gasteiger partial charge in [-0.05, 0) is 36.1 Å². The van der Waals surface area contributed by atoms with Crippen molar-refractivity contribution in [3.05, 3.63) is 45.7 Å². The first kappa shape index (κ1) is 11.8. The lowest BCUT2D eigenvalue weighted by Crippen LogP contribution is -2.08. The van der Waals surface area contributed by atoms with Gasteiger partial charge in [-0.15, -0.1) is 12.4 Å². The lowest BCUT2D eigenvalue weighted by molar-refractivity contribution is 1.07. The van der Waals surface area contributed by atoms with Gasteiger partial charge in [-0.3, -0.25) is 4.79 Å². The average molecular weight is 225 g/mol. The molecule has 0 unspecified atom stereocenters. The molecular formula is C11H13ClN2O. The molecule has 0 radical (unpaired) electrons. The molecule has 80 valence electrons. The summed E-state index contributed by atoms with van der Waals surface area (Å²) in [6.45, 7) is 2.32. The molecule has 0 spiro atoms. The maximum Gasteiger partial charge on any atom is 0.251 e. The zero-order chi connectivity index (χ0) is 10.1. The molecule has 0 saturated heterocycles. The van der Waals surface area contributed by atoms with Crippen molar-refractivity contribution in [1.29, 1.82) is 0 Å². The summed E-state index contributed by atoms with van der Waals surface area (Å²) in [7, 11) is 0.